The molecule has 0 fully saturated rings. The maximum Gasteiger partial charge on any atom is 0.132 e. The summed E-state index contributed by atoms with van der Waals surface area (Å²) >= 11 is 0. The molecule has 0 heterocycles. The van der Waals surface area contributed by atoms with E-state index in [1.165, 1.54) is 17.1 Å². The van der Waals surface area contributed by atoms with Crippen LogP contribution in [0.25, 0.3) is 0 Å². The van der Waals surface area contributed by atoms with Crippen molar-refractivity contribution in [2.45, 2.75) is 12.7 Å². The molecule has 0 radical (unpaired) electrons. The second-order valence-corrected chi connectivity index (χ2v) is 5.13. The Morgan fingerprint density at radius 3 is 2.25 bits per heavy atom. The second kappa shape index (κ2) is 6.55. The van der Waals surface area contributed by atoms with Crippen LogP contribution in [-0.2, 0) is 16.6 Å². The number of benzene rings is 1. The topological polar surface area (TPSA) is 0 Å². The van der Waals surface area contributed by atoms with Crippen molar-refractivity contribution in [3.63, 3.8) is 0 Å². The van der Waals surface area contributed by atoms with Crippen LogP contribution in [0.3, 0.4) is 0 Å². The van der Waals surface area contributed by atoms with Crippen molar-refractivity contribution in [2.75, 3.05) is 12.0 Å². The Morgan fingerprint density at radius 1 is 1.17 bits per heavy atom. The summed E-state index contributed by atoms with van der Waals surface area (Å²) in [5, 5.41) is 0. The van der Waals surface area contributed by atoms with Gasteiger partial charge in [0.2, 0.25) is 0 Å². The highest BCUT2D eigenvalue weighted by molar-refractivity contribution is 7.95. The molecule has 1 rings (SSSR count). The molecular weight excluding hydrogens is 232 g/mol. The SMILES string of the molecule is CC[S+](C)Cc1ccccc1.[Br-]. The first kappa shape index (κ1) is 12.0. The maximum absolute atomic E-state index is 2.33. The molecule has 1 unspecified atom stereocenters. The molecule has 0 aliphatic heterocycles. The Kier molecular flexibility index (Phi) is 6.58. The summed E-state index contributed by atoms with van der Waals surface area (Å²) in [5.41, 5.74) is 1.47. The van der Waals surface area contributed by atoms with Crippen LogP contribution < -0.4 is 17.0 Å². The highest BCUT2D eigenvalue weighted by Gasteiger charge is 2.06. The van der Waals surface area contributed by atoms with E-state index in [0.717, 1.165) is 0 Å². The van der Waals surface area contributed by atoms with Gasteiger partial charge in [-0.1, -0.05) is 30.3 Å². The molecule has 0 saturated carbocycles. The third kappa shape index (κ3) is 4.17. The van der Waals surface area contributed by atoms with Crippen molar-refractivity contribution in [1.82, 2.24) is 0 Å². The van der Waals surface area contributed by atoms with Gasteiger partial charge < -0.3 is 17.0 Å². The minimum atomic E-state index is 0. The highest BCUT2D eigenvalue weighted by atomic mass is 79.9. The Bertz CT molecular complexity index is 198. The van der Waals surface area contributed by atoms with Crippen LogP contribution in [0.4, 0.5) is 0 Å². The number of halogens is 1. The van der Waals surface area contributed by atoms with Gasteiger partial charge in [-0.2, -0.15) is 0 Å². The molecular formula is C10H15BrS. The smallest absolute Gasteiger partial charge is 0.132 e. The predicted octanol–water partition coefficient (Wildman–Crippen LogP) is -0.541. The first-order chi connectivity index (χ1) is 5.33. The lowest BCUT2D eigenvalue weighted by Gasteiger charge is -1.99. The lowest BCUT2D eigenvalue weighted by atomic mass is 10.2. The first-order valence-electron chi connectivity index (χ1n) is 3.96. The molecule has 0 aromatic heterocycles. The van der Waals surface area contributed by atoms with Crippen LogP contribution in [0, 0.1) is 0 Å². The molecule has 0 aliphatic rings. The van der Waals surface area contributed by atoms with E-state index in [-0.39, 0.29) is 17.0 Å². The Labute approximate surface area is 88.5 Å². The van der Waals surface area contributed by atoms with E-state index >= 15 is 0 Å². The van der Waals surface area contributed by atoms with Crippen LogP contribution in [0.5, 0.6) is 0 Å². The van der Waals surface area contributed by atoms with Gasteiger partial charge in [-0.3, -0.25) is 0 Å². The van der Waals surface area contributed by atoms with Crippen molar-refractivity contribution < 1.29 is 17.0 Å². The van der Waals surface area contributed by atoms with Gasteiger partial charge in [-0.05, 0) is 17.8 Å². The molecule has 68 valence electrons. The van der Waals surface area contributed by atoms with Gasteiger partial charge in [0.05, 0.1) is 6.26 Å². The maximum atomic E-state index is 2.33. The van der Waals surface area contributed by atoms with Gasteiger partial charge in [-0.25, -0.2) is 0 Å². The standard InChI is InChI=1S/C10H15S.BrH/c1-3-11(2)9-10-7-5-4-6-8-10;/h4-8H,3,9H2,1-2H3;1H/q+1;/p-1. The van der Waals surface area contributed by atoms with E-state index in [2.05, 4.69) is 43.5 Å². The van der Waals surface area contributed by atoms with Crippen LogP contribution in [0.15, 0.2) is 30.3 Å². The van der Waals surface area contributed by atoms with E-state index in [9.17, 15) is 0 Å². The lowest BCUT2D eigenvalue weighted by Crippen LogP contribution is -3.00. The molecule has 0 aliphatic carbocycles. The molecule has 0 bridgehead atoms. The van der Waals surface area contributed by atoms with Crippen molar-refractivity contribution in [3.8, 4) is 0 Å². The quantitative estimate of drug-likeness (QED) is 0.629. The summed E-state index contributed by atoms with van der Waals surface area (Å²) in [5.74, 6) is 2.55. The minimum absolute atomic E-state index is 0. The van der Waals surface area contributed by atoms with Crippen LogP contribution in [-0.4, -0.2) is 12.0 Å². The highest BCUT2D eigenvalue weighted by Crippen LogP contribution is 2.05. The van der Waals surface area contributed by atoms with E-state index in [1.807, 2.05) is 0 Å². The molecule has 1 aromatic rings. The van der Waals surface area contributed by atoms with Crippen LogP contribution in [0.1, 0.15) is 12.5 Å². The Balaban J connectivity index is 0.00000121. The van der Waals surface area contributed by atoms with Crippen LogP contribution >= 0.6 is 0 Å². The average molecular weight is 247 g/mol. The third-order valence-corrected chi connectivity index (χ3v) is 3.56. The summed E-state index contributed by atoms with van der Waals surface area (Å²) < 4.78 is 0. The van der Waals surface area contributed by atoms with Gasteiger partial charge in [0, 0.05) is 5.56 Å². The van der Waals surface area contributed by atoms with E-state index in [4.69, 9.17) is 0 Å². The molecule has 12 heavy (non-hydrogen) atoms. The monoisotopic (exact) mass is 246 g/mol. The van der Waals surface area contributed by atoms with Crippen molar-refractivity contribution in [2.24, 2.45) is 0 Å². The third-order valence-electron chi connectivity index (χ3n) is 1.75. The Hall–Kier alpha value is 0.0500. The molecule has 1 atom stereocenters. The molecule has 0 spiro atoms. The summed E-state index contributed by atoms with van der Waals surface area (Å²) in [7, 11) is 0.572. The fourth-order valence-corrected chi connectivity index (χ4v) is 1.93. The minimum Gasteiger partial charge on any atom is -1.00 e. The fourth-order valence-electron chi connectivity index (χ4n) is 0.961. The van der Waals surface area contributed by atoms with Crippen molar-refractivity contribution >= 4 is 10.9 Å². The molecule has 1 aromatic carbocycles. The van der Waals surface area contributed by atoms with Crippen LogP contribution in [0.2, 0.25) is 0 Å². The van der Waals surface area contributed by atoms with Gasteiger partial charge >= 0.3 is 0 Å². The summed E-state index contributed by atoms with van der Waals surface area (Å²) in [6, 6.07) is 10.7. The van der Waals surface area contributed by atoms with E-state index in [1.54, 1.807) is 0 Å². The first-order valence-corrected chi connectivity index (χ1v) is 5.93. The normalized spacial score (nSPS) is 11.8. The number of hydrogen-bond donors (Lipinski definition) is 0. The second-order valence-electron chi connectivity index (χ2n) is 2.70. The summed E-state index contributed by atoms with van der Waals surface area (Å²) in [6.45, 7) is 2.26. The zero-order valence-corrected chi connectivity index (χ0v) is 9.99. The van der Waals surface area contributed by atoms with Gasteiger partial charge in [0.15, 0.2) is 0 Å². The summed E-state index contributed by atoms with van der Waals surface area (Å²) in [4.78, 5) is 0. The van der Waals surface area contributed by atoms with Gasteiger partial charge in [0.25, 0.3) is 0 Å². The molecule has 0 amide bonds. The average Bonchev–Trinajstić information content (AvgIpc) is 2.06. The van der Waals surface area contributed by atoms with Gasteiger partial charge in [0.1, 0.15) is 11.5 Å². The zero-order valence-electron chi connectivity index (χ0n) is 7.59. The number of hydrogen-bond acceptors (Lipinski definition) is 0. The van der Waals surface area contributed by atoms with Gasteiger partial charge in [-0.15, -0.1) is 0 Å². The molecule has 0 N–H and O–H groups in total. The number of rotatable bonds is 3. The fraction of sp³-hybridized carbons (Fsp3) is 0.400. The van der Waals surface area contributed by atoms with Crippen molar-refractivity contribution in [1.29, 1.82) is 0 Å². The van der Waals surface area contributed by atoms with E-state index < -0.39 is 0 Å². The van der Waals surface area contributed by atoms with Crippen molar-refractivity contribution in [3.05, 3.63) is 35.9 Å². The molecule has 0 saturated heterocycles. The largest absolute Gasteiger partial charge is 1.00 e. The Morgan fingerprint density at radius 2 is 1.75 bits per heavy atom. The zero-order chi connectivity index (χ0) is 8.10. The predicted molar refractivity (Wildman–Crippen MR) is 54.0 cm³/mol. The summed E-state index contributed by atoms with van der Waals surface area (Å²) in [6.07, 6.45) is 2.33. The molecule has 0 nitrogen and oxygen atoms in total. The van der Waals surface area contributed by atoms with E-state index in [0.29, 0.717) is 10.9 Å². The lowest BCUT2D eigenvalue weighted by molar-refractivity contribution is -0.00000241. The molecule has 2 heteroatoms.